The van der Waals surface area contributed by atoms with Gasteiger partial charge < -0.3 is 9.84 Å². The van der Waals surface area contributed by atoms with Gasteiger partial charge in [0.25, 0.3) is 0 Å². The molecular weight excluding hydrogens is 271 g/mol. The van der Waals surface area contributed by atoms with E-state index in [2.05, 4.69) is 10.5 Å². The van der Waals surface area contributed by atoms with Gasteiger partial charge in [-0.25, -0.2) is 4.39 Å². The number of rotatable bonds is 4. The molecule has 1 amide bonds. The summed E-state index contributed by atoms with van der Waals surface area (Å²) < 4.78 is 18.0. The van der Waals surface area contributed by atoms with Crippen molar-refractivity contribution in [3.63, 3.8) is 0 Å². The van der Waals surface area contributed by atoms with Crippen molar-refractivity contribution < 1.29 is 13.7 Å². The van der Waals surface area contributed by atoms with Gasteiger partial charge in [-0.1, -0.05) is 29.5 Å². The predicted octanol–water partition coefficient (Wildman–Crippen LogP) is 2.84. The number of nitrogens with zero attached hydrogens (tertiary/aromatic N) is 1. The second-order valence-corrected chi connectivity index (χ2v) is 4.70. The minimum Gasteiger partial charge on any atom is -0.359 e. The van der Waals surface area contributed by atoms with E-state index < -0.39 is 0 Å². The number of nitrogens with one attached hydrogen (secondary N) is 1. The molecule has 0 atom stereocenters. The summed E-state index contributed by atoms with van der Waals surface area (Å²) in [5.74, 6) is -0.0507. The highest BCUT2D eigenvalue weighted by Gasteiger charge is 2.14. The smallest absolute Gasteiger partial charge is 0.231 e. The van der Waals surface area contributed by atoms with E-state index in [9.17, 15) is 9.18 Å². The van der Waals surface area contributed by atoms with Crippen molar-refractivity contribution in [2.45, 2.75) is 6.54 Å². The third-order valence-electron chi connectivity index (χ3n) is 3.19. The van der Waals surface area contributed by atoms with Crippen LogP contribution >= 0.6 is 0 Å². The van der Waals surface area contributed by atoms with E-state index in [-0.39, 0.29) is 24.2 Å². The van der Waals surface area contributed by atoms with Crippen LogP contribution in [0.5, 0.6) is 0 Å². The standard InChI is InChI=1S/C16H13FN2O2/c17-13-7-5-11(6-8-13)15-9-14(21-19-15)10-18-16(20)12-3-1-2-4-12/h1-9,12H,10H2,(H,18,20). The first-order chi connectivity index (χ1) is 10.2. The summed E-state index contributed by atoms with van der Waals surface area (Å²) in [6.45, 7) is 0.269. The number of halogens is 1. The van der Waals surface area contributed by atoms with Crippen LogP contribution in [0.1, 0.15) is 5.76 Å². The maximum Gasteiger partial charge on any atom is 0.231 e. The van der Waals surface area contributed by atoms with E-state index in [1.54, 1.807) is 18.2 Å². The van der Waals surface area contributed by atoms with Crippen molar-refractivity contribution in [1.29, 1.82) is 0 Å². The van der Waals surface area contributed by atoms with E-state index in [0.29, 0.717) is 11.5 Å². The van der Waals surface area contributed by atoms with Crippen LogP contribution in [-0.4, -0.2) is 11.1 Å². The quantitative estimate of drug-likeness (QED) is 0.939. The van der Waals surface area contributed by atoms with Gasteiger partial charge in [-0.3, -0.25) is 4.79 Å². The molecule has 2 aromatic rings. The third-order valence-corrected chi connectivity index (χ3v) is 3.19. The molecule has 0 saturated carbocycles. The van der Waals surface area contributed by atoms with Crippen molar-refractivity contribution >= 4 is 5.91 Å². The van der Waals surface area contributed by atoms with Crippen molar-refractivity contribution in [2.24, 2.45) is 5.92 Å². The lowest BCUT2D eigenvalue weighted by Gasteiger charge is -2.05. The Morgan fingerprint density at radius 2 is 1.95 bits per heavy atom. The van der Waals surface area contributed by atoms with Crippen LogP contribution in [0.15, 0.2) is 59.2 Å². The number of aromatic nitrogens is 1. The molecule has 0 aliphatic heterocycles. The maximum atomic E-state index is 12.9. The van der Waals surface area contributed by atoms with Crippen molar-refractivity contribution in [3.05, 3.63) is 66.2 Å². The molecule has 0 unspecified atom stereocenters. The molecule has 1 aliphatic rings. The molecule has 1 N–H and O–H groups in total. The summed E-state index contributed by atoms with van der Waals surface area (Å²) in [5, 5.41) is 6.69. The summed E-state index contributed by atoms with van der Waals surface area (Å²) in [4.78, 5) is 11.8. The second-order valence-electron chi connectivity index (χ2n) is 4.70. The normalized spacial score (nSPS) is 13.8. The van der Waals surface area contributed by atoms with Gasteiger partial charge in [0.1, 0.15) is 11.5 Å². The van der Waals surface area contributed by atoms with Crippen LogP contribution < -0.4 is 5.32 Å². The van der Waals surface area contributed by atoms with E-state index in [1.165, 1.54) is 12.1 Å². The number of carbonyl (C=O) groups is 1. The predicted molar refractivity (Wildman–Crippen MR) is 75.5 cm³/mol. The summed E-state index contributed by atoms with van der Waals surface area (Å²) in [6, 6.07) is 7.72. The first kappa shape index (κ1) is 13.3. The zero-order valence-electron chi connectivity index (χ0n) is 11.1. The topological polar surface area (TPSA) is 55.1 Å². The van der Waals surface area contributed by atoms with E-state index >= 15 is 0 Å². The molecule has 0 spiro atoms. The SMILES string of the molecule is O=C(NCc1cc(-c2ccc(F)cc2)no1)C1C=CC=C1. The van der Waals surface area contributed by atoms with E-state index in [4.69, 9.17) is 4.52 Å². The lowest BCUT2D eigenvalue weighted by molar-refractivity contribution is -0.122. The largest absolute Gasteiger partial charge is 0.359 e. The Labute approximate surface area is 121 Å². The van der Waals surface area contributed by atoms with Gasteiger partial charge in [-0.15, -0.1) is 0 Å². The Morgan fingerprint density at radius 1 is 1.24 bits per heavy atom. The summed E-state index contributed by atoms with van der Waals surface area (Å²) >= 11 is 0. The van der Waals surface area contributed by atoms with Gasteiger partial charge in [0.15, 0.2) is 5.76 Å². The molecule has 21 heavy (non-hydrogen) atoms. The molecule has 3 rings (SSSR count). The lowest BCUT2D eigenvalue weighted by Crippen LogP contribution is -2.27. The van der Waals surface area contributed by atoms with E-state index in [1.807, 2.05) is 24.3 Å². The molecule has 1 heterocycles. The lowest BCUT2D eigenvalue weighted by atomic mass is 10.1. The fourth-order valence-corrected chi connectivity index (χ4v) is 2.05. The molecule has 1 aromatic carbocycles. The molecule has 0 fully saturated rings. The zero-order chi connectivity index (χ0) is 14.7. The maximum absolute atomic E-state index is 12.9. The Kier molecular flexibility index (Phi) is 3.64. The molecule has 0 radical (unpaired) electrons. The molecule has 1 aromatic heterocycles. The monoisotopic (exact) mass is 284 g/mol. The molecule has 4 nitrogen and oxygen atoms in total. The fourth-order valence-electron chi connectivity index (χ4n) is 2.05. The molecular formula is C16H13FN2O2. The molecule has 106 valence electrons. The van der Waals surface area contributed by atoms with E-state index in [0.717, 1.165) is 5.56 Å². The average Bonchev–Trinajstić information content (AvgIpc) is 3.17. The van der Waals surface area contributed by atoms with Crippen molar-refractivity contribution in [3.8, 4) is 11.3 Å². The van der Waals surface area contributed by atoms with Crippen LogP contribution in [0.25, 0.3) is 11.3 Å². The minimum absolute atomic E-state index is 0.0836. The van der Waals surface area contributed by atoms with Crippen molar-refractivity contribution in [2.75, 3.05) is 0 Å². The van der Waals surface area contributed by atoms with Crippen molar-refractivity contribution in [1.82, 2.24) is 10.5 Å². The molecule has 0 saturated heterocycles. The number of hydrogen-bond acceptors (Lipinski definition) is 3. The minimum atomic E-state index is -0.299. The third kappa shape index (κ3) is 3.08. The Bertz CT molecular complexity index is 689. The Hall–Kier alpha value is -2.69. The highest BCUT2D eigenvalue weighted by molar-refractivity contribution is 5.83. The van der Waals surface area contributed by atoms with Crippen LogP contribution in [-0.2, 0) is 11.3 Å². The first-order valence-corrected chi connectivity index (χ1v) is 6.56. The second kappa shape index (κ2) is 5.75. The highest BCUT2D eigenvalue weighted by Crippen LogP contribution is 2.19. The summed E-state index contributed by atoms with van der Waals surface area (Å²) in [5.41, 5.74) is 1.37. The molecule has 5 heteroatoms. The first-order valence-electron chi connectivity index (χ1n) is 6.56. The van der Waals surface area contributed by atoms with Gasteiger partial charge >= 0.3 is 0 Å². The van der Waals surface area contributed by atoms with Gasteiger partial charge in [0.05, 0.1) is 12.5 Å². The highest BCUT2D eigenvalue weighted by atomic mass is 19.1. The summed E-state index contributed by atoms with van der Waals surface area (Å²) in [6.07, 6.45) is 7.32. The molecule has 1 aliphatic carbocycles. The zero-order valence-corrected chi connectivity index (χ0v) is 11.1. The van der Waals surface area contributed by atoms with Crippen LogP contribution in [0.2, 0.25) is 0 Å². The average molecular weight is 284 g/mol. The Morgan fingerprint density at radius 3 is 2.67 bits per heavy atom. The van der Waals surface area contributed by atoms with Crippen LogP contribution in [0.3, 0.4) is 0 Å². The fraction of sp³-hybridized carbons (Fsp3) is 0.125. The van der Waals surface area contributed by atoms with Crippen LogP contribution in [0, 0.1) is 11.7 Å². The Balaban J connectivity index is 1.62. The van der Waals surface area contributed by atoms with Gasteiger partial charge in [-0.05, 0) is 24.3 Å². The number of benzene rings is 1. The van der Waals surface area contributed by atoms with Gasteiger partial charge in [0.2, 0.25) is 5.91 Å². The number of amides is 1. The van der Waals surface area contributed by atoms with Crippen LogP contribution in [0.4, 0.5) is 4.39 Å². The number of allylic oxidation sites excluding steroid dienone is 2. The number of hydrogen-bond donors (Lipinski definition) is 1. The summed E-state index contributed by atoms with van der Waals surface area (Å²) in [7, 11) is 0. The number of carbonyl (C=O) groups excluding carboxylic acids is 1. The van der Waals surface area contributed by atoms with Gasteiger partial charge in [-0.2, -0.15) is 0 Å². The van der Waals surface area contributed by atoms with Gasteiger partial charge in [0, 0.05) is 11.6 Å². The molecule has 0 bridgehead atoms.